The van der Waals surface area contributed by atoms with Crippen LogP contribution >= 0.6 is 0 Å². The highest BCUT2D eigenvalue weighted by atomic mass is 16.3. The van der Waals surface area contributed by atoms with E-state index in [1.807, 2.05) is 19.1 Å². The Morgan fingerprint density at radius 2 is 1.87 bits per heavy atom. The number of phenolic OH excluding ortho intramolecular Hbond substituents is 1. The smallest absolute Gasteiger partial charge is 0.122 e. The molecule has 1 aromatic rings. The summed E-state index contributed by atoms with van der Waals surface area (Å²) in [5, 5.41) is 10.0. The molecule has 1 saturated carbocycles. The third-order valence-electron chi connectivity index (χ3n) is 3.40. The molecule has 1 aliphatic carbocycles. The van der Waals surface area contributed by atoms with Crippen molar-refractivity contribution in [2.45, 2.75) is 44.9 Å². The van der Waals surface area contributed by atoms with Crippen LogP contribution in [0.25, 0.3) is 0 Å². The molecule has 1 aromatic carbocycles. The van der Waals surface area contributed by atoms with Crippen LogP contribution in [-0.4, -0.2) is 5.11 Å². The van der Waals surface area contributed by atoms with Gasteiger partial charge in [0.2, 0.25) is 0 Å². The van der Waals surface area contributed by atoms with Crippen LogP contribution in [-0.2, 0) is 0 Å². The lowest BCUT2D eigenvalue weighted by molar-refractivity contribution is 0.412. The van der Waals surface area contributed by atoms with Gasteiger partial charge in [-0.25, -0.2) is 0 Å². The van der Waals surface area contributed by atoms with Gasteiger partial charge in [-0.3, -0.25) is 0 Å². The van der Waals surface area contributed by atoms with Gasteiger partial charge in [0.25, 0.3) is 0 Å². The number of anilines is 1. The Bertz CT molecular complexity index is 354. The fraction of sp³-hybridized carbons (Fsp3) is 0.538. The minimum atomic E-state index is 0.455. The number of hydrogen-bond acceptors (Lipinski definition) is 2. The molecule has 82 valence electrons. The van der Waals surface area contributed by atoms with E-state index in [0.29, 0.717) is 11.7 Å². The zero-order chi connectivity index (χ0) is 10.8. The molecule has 0 amide bonds. The predicted molar refractivity (Wildman–Crippen MR) is 63.1 cm³/mol. The van der Waals surface area contributed by atoms with E-state index >= 15 is 0 Å². The topological polar surface area (TPSA) is 46.2 Å². The molecule has 2 rings (SSSR count). The van der Waals surface area contributed by atoms with Gasteiger partial charge in [0.05, 0.1) is 0 Å². The maximum Gasteiger partial charge on any atom is 0.122 e. The number of rotatable bonds is 1. The Balaban J connectivity index is 2.33. The van der Waals surface area contributed by atoms with Gasteiger partial charge < -0.3 is 10.8 Å². The van der Waals surface area contributed by atoms with Crippen molar-refractivity contribution in [2.24, 2.45) is 0 Å². The maximum absolute atomic E-state index is 10.0. The van der Waals surface area contributed by atoms with Gasteiger partial charge in [0, 0.05) is 5.69 Å². The Labute approximate surface area is 91.1 Å². The first kappa shape index (κ1) is 10.3. The Morgan fingerprint density at radius 1 is 1.20 bits per heavy atom. The summed E-state index contributed by atoms with van der Waals surface area (Å²) in [5.41, 5.74) is 8.55. The second kappa shape index (κ2) is 4.13. The summed E-state index contributed by atoms with van der Waals surface area (Å²) in [4.78, 5) is 0. The molecule has 3 N–H and O–H groups in total. The first-order valence-corrected chi connectivity index (χ1v) is 5.77. The molecule has 0 aromatic heterocycles. The highest BCUT2D eigenvalue weighted by Crippen LogP contribution is 2.39. The molecule has 0 saturated heterocycles. The third kappa shape index (κ3) is 2.09. The maximum atomic E-state index is 10.0. The van der Waals surface area contributed by atoms with E-state index in [9.17, 15) is 5.11 Å². The van der Waals surface area contributed by atoms with Gasteiger partial charge >= 0.3 is 0 Å². The number of phenols is 1. The lowest BCUT2D eigenvalue weighted by atomic mass is 9.83. The van der Waals surface area contributed by atoms with Crippen LogP contribution in [0.15, 0.2) is 12.1 Å². The highest BCUT2D eigenvalue weighted by Gasteiger charge is 2.19. The van der Waals surface area contributed by atoms with Crippen LogP contribution in [0, 0.1) is 6.92 Å². The number of aryl methyl sites for hydroxylation is 1. The Morgan fingerprint density at radius 3 is 2.53 bits per heavy atom. The molecule has 0 aliphatic heterocycles. The van der Waals surface area contributed by atoms with Crippen molar-refractivity contribution >= 4 is 5.69 Å². The monoisotopic (exact) mass is 205 g/mol. The molecule has 0 unspecified atom stereocenters. The average molecular weight is 205 g/mol. The fourth-order valence-electron chi connectivity index (χ4n) is 2.56. The molecule has 1 aliphatic rings. The van der Waals surface area contributed by atoms with Gasteiger partial charge in [-0.2, -0.15) is 0 Å². The molecule has 1 fully saturated rings. The summed E-state index contributed by atoms with van der Waals surface area (Å²) in [7, 11) is 0. The zero-order valence-electron chi connectivity index (χ0n) is 9.29. The summed E-state index contributed by atoms with van der Waals surface area (Å²) >= 11 is 0. The van der Waals surface area contributed by atoms with Crippen molar-refractivity contribution < 1.29 is 5.11 Å². The zero-order valence-corrected chi connectivity index (χ0v) is 9.29. The van der Waals surface area contributed by atoms with Gasteiger partial charge in [0.15, 0.2) is 0 Å². The molecule has 0 atom stereocenters. The Hall–Kier alpha value is -1.18. The summed E-state index contributed by atoms with van der Waals surface area (Å²) in [6.45, 7) is 1.91. The van der Waals surface area contributed by atoms with Crippen LogP contribution in [0.5, 0.6) is 5.75 Å². The lowest BCUT2D eigenvalue weighted by Gasteiger charge is -2.23. The van der Waals surface area contributed by atoms with Crippen LogP contribution in [0.2, 0.25) is 0 Å². The first-order chi connectivity index (χ1) is 7.18. The van der Waals surface area contributed by atoms with Crippen LogP contribution in [0.1, 0.15) is 49.1 Å². The van der Waals surface area contributed by atoms with Gasteiger partial charge in [-0.1, -0.05) is 19.3 Å². The van der Waals surface area contributed by atoms with E-state index in [0.717, 1.165) is 16.8 Å². The molecular weight excluding hydrogens is 186 g/mol. The predicted octanol–water partition coefficient (Wildman–Crippen LogP) is 3.33. The normalized spacial score (nSPS) is 17.9. The second-order valence-electron chi connectivity index (χ2n) is 4.61. The van der Waals surface area contributed by atoms with Gasteiger partial charge in [-0.05, 0) is 48.9 Å². The number of aromatic hydroxyl groups is 1. The molecule has 15 heavy (non-hydrogen) atoms. The summed E-state index contributed by atoms with van der Waals surface area (Å²) < 4.78 is 0. The summed E-state index contributed by atoms with van der Waals surface area (Å²) in [6.07, 6.45) is 6.27. The molecule has 2 heteroatoms. The molecule has 0 spiro atoms. The van der Waals surface area contributed by atoms with Crippen molar-refractivity contribution in [2.75, 3.05) is 5.73 Å². The van der Waals surface area contributed by atoms with E-state index in [2.05, 4.69) is 0 Å². The van der Waals surface area contributed by atoms with E-state index < -0.39 is 0 Å². The number of hydrogen-bond donors (Lipinski definition) is 2. The molecule has 2 nitrogen and oxygen atoms in total. The van der Waals surface area contributed by atoms with E-state index in [-0.39, 0.29) is 0 Å². The van der Waals surface area contributed by atoms with Crippen LogP contribution in [0.3, 0.4) is 0 Å². The van der Waals surface area contributed by atoms with Gasteiger partial charge in [0.1, 0.15) is 5.75 Å². The van der Waals surface area contributed by atoms with Crippen molar-refractivity contribution in [1.29, 1.82) is 0 Å². The SMILES string of the molecule is Cc1cc(N)cc(C2CCCCC2)c1O. The van der Waals surface area contributed by atoms with Gasteiger partial charge in [-0.15, -0.1) is 0 Å². The van der Waals surface area contributed by atoms with E-state index in [4.69, 9.17) is 5.73 Å². The van der Waals surface area contributed by atoms with Crippen molar-refractivity contribution in [3.8, 4) is 5.75 Å². The standard InChI is InChI=1S/C13H19NO/c1-9-7-11(14)8-12(13(9)15)10-5-3-2-4-6-10/h7-8,10,15H,2-6,14H2,1H3. The average Bonchev–Trinajstić information content (AvgIpc) is 2.24. The Kier molecular flexibility index (Phi) is 2.85. The van der Waals surface area contributed by atoms with E-state index in [1.54, 1.807) is 0 Å². The molecular formula is C13H19NO. The minimum absolute atomic E-state index is 0.455. The van der Waals surface area contributed by atoms with Crippen LogP contribution in [0.4, 0.5) is 5.69 Å². The second-order valence-corrected chi connectivity index (χ2v) is 4.61. The highest BCUT2D eigenvalue weighted by molar-refractivity contribution is 5.53. The summed E-state index contributed by atoms with van der Waals surface area (Å²) in [5.74, 6) is 0.969. The van der Waals surface area contributed by atoms with Crippen LogP contribution < -0.4 is 5.73 Å². The first-order valence-electron chi connectivity index (χ1n) is 5.77. The van der Waals surface area contributed by atoms with Crippen molar-refractivity contribution in [3.63, 3.8) is 0 Å². The number of benzene rings is 1. The summed E-state index contributed by atoms with van der Waals surface area (Å²) in [6, 6.07) is 3.78. The lowest BCUT2D eigenvalue weighted by Crippen LogP contribution is -2.06. The van der Waals surface area contributed by atoms with E-state index in [1.165, 1.54) is 32.1 Å². The fourth-order valence-corrected chi connectivity index (χ4v) is 2.56. The minimum Gasteiger partial charge on any atom is -0.507 e. The third-order valence-corrected chi connectivity index (χ3v) is 3.40. The van der Waals surface area contributed by atoms with Crippen molar-refractivity contribution in [1.82, 2.24) is 0 Å². The number of nitrogens with two attached hydrogens (primary N) is 1. The number of nitrogen functional groups attached to an aromatic ring is 1. The molecule has 0 radical (unpaired) electrons. The quantitative estimate of drug-likeness (QED) is 0.545. The molecule has 0 heterocycles. The largest absolute Gasteiger partial charge is 0.507 e. The molecule has 0 bridgehead atoms. The van der Waals surface area contributed by atoms with Crippen molar-refractivity contribution in [3.05, 3.63) is 23.3 Å².